The third-order valence-corrected chi connectivity index (χ3v) is 3.89. The lowest BCUT2D eigenvalue weighted by Crippen LogP contribution is -2.07. The van der Waals surface area contributed by atoms with Crippen LogP contribution in [0.25, 0.3) is 10.9 Å². The lowest BCUT2D eigenvalue weighted by molar-refractivity contribution is 0.0522. The summed E-state index contributed by atoms with van der Waals surface area (Å²) in [6.45, 7) is 1.83. The number of halogens is 1. The molecule has 1 heterocycles. The molecule has 3 rings (SSSR count). The molecule has 0 bridgehead atoms. The Hall–Kier alpha value is -1.95. The number of pyridine rings is 1. The summed E-state index contributed by atoms with van der Waals surface area (Å²) in [5, 5.41) is 10.6. The SMILES string of the molecule is CCOC(=O)c1c(O)c2cc(F)cc(C3CC3)c2[nH]c1=S. The number of hydrogen-bond acceptors (Lipinski definition) is 4. The molecule has 4 nitrogen and oxygen atoms in total. The summed E-state index contributed by atoms with van der Waals surface area (Å²) in [7, 11) is 0. The zero-order valence-corrected chi connectivity index (χ0v) is 12.2. The molecule has 0 aliphatic heterocycles. The number of benzene rings is 1. The van der Waals surface area contributed by atoms with Crippen LogP contribution in [0.15, 0.2) is 12.1 Å². The molecule has 0 atom stereocenters. The molecule has 0 saturated heterocycles. The van der Waals surface area contributed by atoms with Crippen LogP contribution in [0.3, 0.4) is 0 Å². The van der Waals surface area contributed by atoms with Gasteiger partial charge in [-0.3, -0.25) is 0 Å². The van der Waals surface area contributed by atoms with Crippen molar-refractivity contribution in [2.45, 2.75) is 25.7 Å². The van der Waals surface area contributed by atoms with Gasteiger partial charge in [0.05, 0.1) is 12.1 Å². The fraction of sp³-hybridized carbons (Fsp3) is 0.333. The highest BCUT2D eigenvalue weighted by Crippen LogP contribution is 2.44. The minimum atomic E-state index is -0.713. The molecule has 2 aromatic rings. The molecular formula is C15H14FNO3S. The molecule has 21 heavy (non-hydrogen) atoms. The van der Waals surface area contributed by atoms with E-state index in [0.29, 0.717) is 5.52 Å². The monoisotopic (exact) mass is 307 g/mol. The van der Waals surface area contributed by atoms with E-state index >= 15 is 0 Å². The van der Waals surface area contributed by atoms with Crippen molar-refractivity contribution in [1.82, 2.24) is 4.98 Å². The first-order chi connectivity index (χ1) is 10.0. The summed E-state index contributed by atoms with van der Waals surface area (Å²) in [5.74, 6) is -1.20. The molecule has 0 amide bonds. The van der Waals surface area contributed by atoms with Crippen molar-refractivity contribution in [3.8, 4) is 5.75 Å². The first-order valence-corrected chi connectivity index (χ1v) is 7.19. The maximum atomic E-state index is 13.8. The number of aromatic amines is 1. The summed E-state index contributed by atoms with van der Waals surface area (Å²) >= 11 is 5.15. The number of carbonyl (C=O) groups excluding carboxylic acids is 1. The molecule has 1 aliphatic rings. The van der Waals surface area contributed by atoms with Crippen LogP contribution in [-0.4, -0.2) is 22.7 Å². The second-order valence-corrected chi connectivity index (χ2v) is 5.50. The molecule has 2 N–H and O–H groups in total. The highest BCUT2D eigenvalue weighted by molar-refractivity contribution is 7.71. The van der Waals surface area contributed by atoms with Gasteiger partial charge in [-0.05, 0) is 43.4 Å². The maximum absolute atomic E-state index is 13.8. The van der Waals surface area contributed by atoms with Crippen molar-refractivity contribution < 1.29 is 19.0 Å². The molecule has 110 valence electrons. The van der Waals surface area contributed by atoms with Crippen LogP contribution >= 0.6 is 12.2 Å². The van der Waals surface area contributed by atoms with Gasteiger partial charge in [0.25, 0.3) is 0 Å². The Kier molecular flexibility index (Phi) is 3.41. The third kappa shape index (κ3) is 2.40. The highest BCUT2D eigenvalue weighted by Gasteiger charge is 2.28. The summed E-state index contributed by atoms with van der Waals surface area (Å²) in [4.78, 5) is 14.8. The quantitative estimate of drug-likeness (QED) is 0.669. The van der Waals surface area contributed by atoms with E-state index in [9.17, 15) is 14.3 Å². The van der Waals surface area contributed by atoms with Gasteiger partial charge in [0.15, 0.2) is 0 Å². The van der Waals surface area contributed by atoms with E-state index in [1.807, 2.05) is 0 Å². The second kappa shape index (κ2) is 5.11. The van der Waals surface area contributed by atoms with Crippen molar-refractivity contribution >= 4 is 29.1 Å². The number of esters is 1. The fourth-order valence-electron chi connectivity index (χ4n) is 2.48. The molecular weight excluding hydrogens is 293 g/mol. The van der Waals surface area contributed by atoms with Gasteiger partial charge in [-0.25, -0.2) is 9.18 Å². The number of rotatable bonds is 3. The number of H-pyrrole nitrogens is 1. The Morgan fingerprint density at radius 1 is 1.52 bits per heavy atom. The van der Waals surface area contributed by atoms with Crippen LogP contribution in [-0.2, 0) is 4.74 Å². The van der Waals surface area contributed by atoms with Crippen LogP contribution in [0.4, 0.5) is 4.39 Å². The summed E-state index contributed by atoms with van der Waals surface area (Å²) in [5.41, 5.74) is 1.27. The zero-order valence-electron chi connectivity index (χ0n) is 11.4. The van der Waals surface area contributed by atoms with E-state index < -0.39 is 11.8 Å². The van der Waals surface area contributed by atoms with Gasteiger partial charge in [-0.1, -0.05) is 12.2 Å². The number of aromatic nitrogens is 1. The van der Waals surface area contributed by atoms with E-state index in [-0.39, 0.29) is 33.9 Å². The van der Waals surface area contributed by atoms with Crippen LogP contribution in [0.1, 0.15) is 41.6 Å². The molecule has 0 radical (unpaired) electrons. The Morgan fingerprint density at radius 3 is 2.86 bits per heavy atom. The van der Waals surface area contributed by atoms with Crippen molar-refractivity contribution in [2.75, 3.05) is 6.61 Å². The first-order valence-electron chi connectivity index (χ1n) is 6.78. The van der Waals surface area contributed by atoms with Gasteiger partial charge in [0.2, 0.25) is 0 Å². The number of fused-ring (bicyclic) bond motifs is 1. The highest BCUT2D eigenvalue weighted by atomic mass is 32.1. The van der Waals surface area contributed by atoms with Gasteiger partial charge >= 0.3 is 5.97 Å². The molecule has 1 saturated carbocycles. The molecule has 1 aromatic carbocycles. The minimum Gasteiger partial charge on any atom is -0.506 e. The fourth-order valence-corrected chi connectivity index (χ4v) is 2.76. The second-order valence-electron chi connectivity index (χ2n) is 5.09. The maximum Gasteiger partial charge on any atom is 0.344 e. The smallest absolute Gasteiger partial charge is 0.344 e. The summed E-state index contributed by atoms with van der Waals surface area (Å²) < 4.78 is 18.8. The van der Waals surface area contributed by atoms with Crippen LogP contribution in [0.5, 0.6) is 5.75 Å². The number of hydrogen-bond donors (Lipinski definition) is 2. The van der Waals surface area contributed by atoms with Crippen molar-refractivity contribution in [3.05, 3.63) is 33.7 Å². The largest absolute Gasteiger partial charge is 0.506 e. The van der Waals surface area contributed by atoms with Gasteiger partial charge in [0, 0.05) is 5.39 Å². The number of aromatic hydroxyl groups is 1. The van der Waals surface area contributed by atoms with Crippen LogP contribution in [0.2, 0.25) is 0 Å². The van der Waals surface area contributed by atoms with E-state index in [1.54, 1.807) is 6.92 Å². The third-order valence-electron chi connectivity index (χ3n) is 3.59. The van der Waals surface area contributed by atoms with Gasteiger partial charge < -0.3 is 14.8 Å². The zero-order chi connectivity index (χ0) is 15.1. The number of nitrogens with one attached hydrogen (secondary N) is 1. The Morgan fingerprint density at radius 2 is 2.24 bits per heavy atom. The topological polar surface area (TPSA) is 62.3 Å². The van der Waals surface area contributed by atoms with E-state index in [4.69, 9.17) is 17.0 Å². The van der Waals surface area contributed by atoms with Crippen LogP contribution < -0.4 is 0 Å². The van der Waals surface area contributed by atoms with Crippen molar-refractivity contribution in [3.63, 3.8) is 0 Å². The number of carbonyl (C=O) groups is 1. The molecule has 6 heteroatoms. The normalized spacial score (nSPS) is 14.4. The minimum absolute atomic E-state index is 0.104. The first kappa shape index (κ1) is 14.0. The van der Waals surface area contributed by atoms with E-state index in [2.05, 4.69) is 4.98 Å². The molecule has 1 aliphatic carbocycles. The number of ether oxygens (including phenoxy) is 1. The van der Waals surface area contributed by atoms with Gasteiger partial charge in [-0.2, -0.15) is 0 Å². The molecule has 0 spiro atoms. The van der Waals surface area contributed by atoms with E-state index in [0.717, 1.165) is 18.4 Å². The van der Waals surface area contributed by atoms with Crippen LogP contribution in [0, 0.1) is 10.5 Å². The Balaban J connectivity index is 2.30. The molecule has 1 aromatic heterocycles. The van der Waals surface area contributed by atoms with E-state index in [1.165, 1.54) is 12.1 Å². The lowest BCUT2D eigenvalue weighted by Gasteiger charge is -2.11. The summed E-state index contributed by atoms with van der Waals surface area (Å²) in [6, 6.07) is 2.65. The predicted octanol–water partition coefficient (Wildman–Crippen LogP) is 3.80. The molecule has 1 fully saturated rings. The Bertz CT molecular complexity index is 796. The Labute approximate surface area is 125 Å². The van der Waals surface area contributed by atoms with Gasteiger partial charge in [-0.15, -0.1) is 0 Å². The average molecular weight is 307 g/mol. The lowest BCUT2D eigenvalue weighted by atomic mass is 10.0. The van der Waals surface area contributed by atoms with Crippen molar-refractivity contribution in [1.29, 1.82) is 0 Å². The summed E-state index contributed by atoms with van der Waals surface area (Å²) in [6.07, 6.45) is 1.97. The standard InChI is InChI=1S/C15H14FNO3S/c1-2-20-15(19)11-13(18)10-6-8(16)5-9(7-3-4-7)12(10)17-14(11)21/h5-7H,2-4H2,1H3,(H2,17,18,21). The average Bonchev–Trinajstić information content (AvgIpc) is 3.24. The molecule has 0 unspecified atom stereocenters. The predicted molar refractivity (Wildman–Crippen MR) is 78.7 cm³/mol. The van der Waals surface area contributed by atoms with Crippen molar-refractivity contribution in [2.24, 2.45) is 0 Å². The van der Waals surface area contributed by atoms with Gasteiger partial charge in [0.1, 0.15) is 21.8 Å².